The number of nitrogens with one attached hydrogen (secondary N) is 1. The average molecular weight is 214 g/mol. The molecule has 0 bridgehead atoms. The number of nitrogens with two attached hydrogens (primary N) is 1. The molecule has 15 heavy (non-hydrogen) atoms. The monoisotopic (exact) mass is 214 g/mol. The molecule has 0 aromatic carbocycles. The molecule has 0 radical (unpaired) electrons. The smallest absolute Gasteiger partial charge is 0.224 e. The van der Waals surface area contributed by atoms with Crippen molar-refractivity contribution < 1.29 is 9.53 Å². The van der Waals surface area contributed by atoms with Gasteiger partial charge in [0.1, 0.15) is 0 Å². The third kappa shape index (κ3) is 3.18. The third-order valence-corrected chi connectivity index (χ3v) is 3.23. The lowest BCUT2D eigenvalue weighted by molar-refractivity contribution is -0.126. The van der Waals surface area contributed by atoms with Crippen LogP contribution in [0.5, 0.6) is 0 Å². The maximum Gasteiger partial charge on any atom is 0.224 e. The van der Waals surface area contributed by atoms with Gasteiger partial charge >= 0.3 is 0 Å². The summed E-state index contributed by atoms with van der Waals surface area (Å²) in [5.74, 6) is 0.0251. The van der Waals surface area contributed by atoms with Crippen LogP contribution in [0, 0.1) is 5.92 Å². The summed E-state index contributed by atoms with van der Waals surface area (Å²) in [6.45, 7) is 2.41. The highest BCUT2D eigenvalue weighted by atomic mass is 16.5. The van der Waals surface area contributed by atoms with Crippen LogP contribution in [-0.4, -0.2) is 31.7 Å². The van der Waals surface area contributed by atoms with Gasteiger partial charge in [0.2, 0.25) is 5.91 Å². The maximum absolute atomic E-state index is 11.8. The molecule has 3 atom stereocenters. The molecule has 1 rings (SSSR count). The van der Waals surface area contributed by atoms with Crippen LogP contribution < -0.4 is 11.1 Å². The van der Waals surface area contributed by atoms with Crippen LogP contribution in [-0.2, 0) is 9.53 Å². The molecule has 4 nitrogen and oxygen atoms in total. The first-order valence-corrected chi connectivity index (χ1v) is 5.76. The summed E-state index contributed by atoms with van der Waals surface area (Å²) in [6, 6.07) is 0.183. The molecule has 0 saturated heterocycles. The van der Waals surface area contributed by atoms with Crippen LogP contribution >= 0.6 is 0 Å². The lowest BCUT2D eigenvalue weighted by Gasteiger charge is -2.22. The minimum absolute atomic E-state index is 0.0527. The number of ether oxygens (including phenoxy) is 1. The Morgan fingerprint density at radius 1 is 1.60 bits per heavy atom. The predicted octanol–water partition coefficient (Wildman–Crippen LogP) is 0.655. The van der Waals surface area contributed by atoms with Crippen molar-refractivity contribution in [2.75, 3.05) is 13.7 Å². The van der Waals surface area contributed by atoms with Crippen molar-refractivity contribution >= 4 is 5.91 Å². The highest BCUT2D eigenvalue weighted by molar-refractivity contribution is 5.79. The first kappa shape index (κ1) is 12.5. The molecule has 1 saturated carbocycles. The van der Waals surface area contributed by atoms with Gasteiger partial charge < -0.3 is 15.8 Å². The van der Waals surface area contributed by atoms with Gasteiger partial charge in [0.15, 0.2) is 0 Å². The Bertz CT molecular complexity index is 205. The van der Waals surface area contributed by atoms with E-state index in [1.165, 1.54) is 0 Å². The summed E-state index contributed by atoms with van der Waals surface area (Å²) >= 11 is 0. The number of hydrogen-bond acceptors (Lipinski definition) is 3. The number of rotatable bonds is 5. The Kier molecular flexibility index (Phi) is 5.05. The van der Waals surface area contributed by atoms with E-state index in [2.05, 4.69) is 5.32 Å². The van der Waals surface area contributed by atoms with Gasteiger partial charge in [0, 0.05) is 19.6 Å². The largest absolute Gasteiger partial charge is 0.379 e. The fourth-order valence-electron chi connectivity index (χ4n) is 2.13. The minimum atomic E-state index is -0.0527. The van der Waals surface area contributed by atoms with E-state index in [4.69, 9.17) is 10.5 Å². The Morgan fingerprint density at radius 3 is 2.87 bits per heavy atom. The zero-order valence-electron chi connectivity index (χ0n) is 9.66. The molecule has 0 heterocycles. The number of carbonyl (C=O) groups is 1. The zero-order chi connectivity index (χ0) is 11.3. The zero-order valence-corrected chi connectivity index (χ0v) is 9.66. The normalized spacial score (nSPS) is 27.7. The first-order chi connectivity index (χ1) is 7.22. The molecule has 0 spiro atoms. The van der Waals surface area contributed by atoms with Gasteiger partial charge in [-0.3, -0.25) is 4.79 Å². The van der Waals surface area contributed by atoms with E-state index >= 15 is 0 Å². The maximum atomic E-state index is 11.8. The van der Waals surface area contributed by atoms with Crippen LogP contribution in [0.1, 0.15) is 32.6 Å². The molecular formula is C11H22N2O2. The van der Waals surface area contributed by atoms with Gasteiger partial charge in [-0.1, -0.05) is 6.92 Å². The Morgan fingerprint density at radius 2 is 2.33 bits per heavy atom. The van der Waals surface area contributed by atoms with E-state index in [0.29, 0.717) is 6.54 Å². The molecular weight excluding hydrogens is 192 g/mol. The standard InChI is InChI=1S/C11H22N2O2/c1-3-8(7-12)11(14)13-9-5-4-6-10(9)15-2/h8-10H,3-7,12H2,1-2H3,(H,13,14). The Labute approximate surface area is 91.5 Å². The van der Waals surface area contributed by atoms with Crippen LogP contribution in [0.4, 0.5) is 0 Å². The average Bonchev–Trinajstić information content (AvgIpc) is 2.67. The molecule has 0 aromatic rings. The molecule has 1 aliphatic rings. The Hall–Kier alpha value is -0.610. The van der Waals surface area contributed by atoms with Crippen molar-refractivity contribution in [2.45, 2.75) is 44.8 Å². The van der Waals surface area contributed by atoms with Crippen molar-refractivity contribution in [3.63, 3.8) is 0 Å². The van der Waals surface area contributed by atoms with Crippen LogP contribution in [0.25, 0.3) is 0 Å². The third-order valence-electron chi connectivity index (χ3n) is 3.23. The molecule has 88 valence electrons. The van der Waals surface area contributed by atoms with Gasteiger partial charge in [-0.15, -0.1) is 0 Å². The lowest BCUT2D eigenvalue weighted by atomic mass is 10.1. The quantitative estimate of drug-likeness (QED) is 0.706. The molecule has 0 aliphatic heterocycles. The summed E-state index contributed by atoms with van der Waals surface area (Å²) in [5, 5.41) is 3.04. The summed E-state index contributed by atoms with van der Waals surface area (Å²) in [4.78, 5) is 11.8. The minimum Gasteiger partial charge on any atom is -0.379 e. The molecule has 1 fully saturated rings. The van der Waals surface area contributed by atoms with E-state index in [9.17, 15) is 4.79 Å². The second kappa shape index (κ2) is 6.08. The second-order valence-corrected chi connectivity index (χ2v) is 4.16. The van der Waals surface area contributed by atoms with Crippen LogP contribution in [0.15, 0.2) is 0 Å². The fourth-order valence-corrected chi connectivity index (χ4v) is 2.13. The van der Waals surface area contributed by atoms with Gasteiger partial charge in [-0.25, -0.2) is 0 Å². The van der Waals surface area contributed by atoms with E-state index in [1.54, 1.807) is 7.11 Å². The molecule has 0 aromatic heterocycles. The van der Waals surface area contributed by atoms with Crippen molar-refractivity contribution in [2.24, 2.45) is 11.7 Å². The number of hydrogen-bond donors (Lipinski definition) is 2. The van der Waals surface area contributed by atoms with E-state index in [1.807, 2.05) is 6.92 Å². The number of carbonyl (C=O) groups excluding carboxylic acids is 1. The summed E-state index contributed by atoms with van der Waals surface area (Å²) in [5.41, 5.74) is 5.53. The summed E-state index contributed by atoms with van der Waals surface area (Å²) in [7, 11) is 1.70. The summed E-state index contributed by atoms with van der Waals surface area (Å²) in [6.07, 6.45) is 4.17. The van der Waals surface area contributed by atoms with E-state index in [0.717, 1.165) is 25.7 Å². The molecule has 3 N–H and O–H groups in total. The van der Waals surface area contributed by atoms with Gasteiger partial charge in [0.25, 0.3) is 0 Å². The topological polar surface area (TPSA) is 64.4 Å². The van der Waals surface area contributed by atoms with Crippen molar-refractivity contribution in [1.29, 1.82) is 0 Å². The number of methoxy groups -OCH3 is 1. The SMILES string of the molecule is CCC(CN)C(=O)NC1CCCC1OC. The van der Waals surface area contributed by atoms with E-state index < -0.39 is 0 Å². The highest BCUT2D eigenvalue weighted by Gasteiger charge is 2.29. The lowest BCUT2D eigenvalue weighted by Crippen LogP contribution is -2.45. The second-order valence-electron chi connectivity index (χ2n) is 4.16. The van der Waals surface area contributed by atoms with Gasteiger partial charge in [-0.2, -0.15) is 0 Å². The van der Waals surface area contributed by atoms with Crippen molar-refractivity contribution in [1.82, 2.24) is 5.32 Å². The molecule has 3 unspecified atom stereocenters. The highest BCUT2D eigenvalue weighted by Crippen LogP contribution is 2.21. The predicted molar refractivity (Wildman–Crippen MR) is 59.4 cm³/mol. The van der Waals surface area contributed by atoms with Gasteiger partial charge in [0.05, 0.1) is 12.1 Å². The van der Waals surface area contributed by atoms with Crippen LogP contribution in [0.3, 0.4) is 0 Å². The van der Waals surface area contributed by atoms with Crippen molar-refractivity contribution in [3.05, 3.63) is 0 Å². The Balaban J connectivity index is 2.42. The van der Waals surface area contributed by atoms with E-state index in [-0.39, 0.29) is 24.0 Å². The van der Waals surface area contributed by atoms with Gasteiger partial charge in [-0.05, 0) is 25.7 Å². The summed E-state index contributed by atoms with van der Waals surface area (Å²) < 4.78 is 5.33. The number of amides is 1. The molecule has 1 aliphatic carbocycles. The first-order valence-electron chi connectivity index (χ1n) is 5.76. The molecule has 1 amide bonds. The van der Waals surface area contributed by atoms with Crippen LogP contribution in [0.2, 0.25) is 0 Å². The fraction of sp³-hybridized carbons (Fsp3) is 0.909. The molecule has 4 heteroatoms. The van der Waals surface area contributed by atoms with Crippen molar-refractivity contribution in [3.8, 4) is 0 Å².